The lowest BCUT2D eigenvalue weighted by molar-refractivity contribution is -0.129. The monoisotopic (exact) mass is 394 g/mol. The Morgan fingerprint density at radius 2 is 1.74 bits per heavy atom. The summed E-state index contributed by atoms with van der Waals surface area (Å²) < 4.78 is 24.1. The van der Waals surface area contributed by atoms with Crippen LogP contribution in [0.25, 0.3) is 0 Å². The molecule has 0 unspecified atom stereocenters. The lowest BCUT2D eigenvalue weighted by Gasteiger charge is -2.39. The predicted octanol–water partition coefficient (Wildman–Crippen LogP) is 2.26. The van der Waals surface area contributed by atoms with Gasteiger partial charge in [-0.25, -0.2) is 8.42 Å². The second kappa shape index (κ2) is 8.00. The summed E-state index contributed by atoms with van der Waals surface area (Å²) in [5.74, 6) is -0.783. The number of benzene rings is 1. The average molecular weight is 395 g/mol. The van der Waals surface area contributed by atoms with Gasteiger partial charge in [0.2, 0.25) is 5.91 Å². The number of hydrogen-bond donors (Lipinski definition) is 1. The predicted molar refractivity (Wildman–Crippen MR) is 106 cm³/mol. The Kier molecular flexibility index (Phi) is 6.35. The third-order valence-corrected chi connectivity index (χ3v) is 6.31. The van der Waals surface area contributed by atoms with Crippen molar-refractivity contribution >= 4 is 21.7 Å². The van der Waals surface area contributed by atoms with Gasteiger partial charge in [-0.2, -0.15) is 0 Å². The highest BCUT2D eigenvalue weighted by atomic mass is 32.2. The van der Waals surface area contributed by atoms with Gasteiger partial charge < -0.3 is 10.2 Å². The molecule has 1 N–H and O–H groups in total. The van der Waals surface area contributed by atoms with Crippen LogP contribution in [0.5, 0.6) is 0 Å². The van der Waals surface area contributed by atoms with Gasteiger partial charge in [-0.3, -0.25) is 9.59 Å². The molecule has 1 saturated heterocycles. The van der Waals surface area contributed by atoms with E-state index in [1.165, 1.54) is 4.90 Å². The van der Waals surface area contributed by atoms with E-state index in [1.54, 1.807) is 24.3 Å². The van der Waals surface area contributed by atoms with Crippen LogP contribution in [0.15, 0.2) is 30.3 Å². The fourth-order valence-corrected chi connectivity index (χ4v) is 5.15. The molecule has 0 aliphatic carbocycles. The van der Waals surface area contributed by atoms with E-state index in [4.69, 9.17) is 0 Å². The molecule has 27 heavy (non-hydrogen) atoms. The third-order valence-electron chi connectivity index (χ3n) is 4.56. The van der Waals surface area contributed by atoms with Gasteiger partial charge in [-0.05, 0) is 45.2 Å². The molecular formula is C20H30N2O4S. The van der Waals surface area contributed by atoms with Crippen LogP contribution in [-0.4, -0.2) is 54.3 Å². The van der Waals surface area contributed by atoms with E-state index in [2.05, 4.69) is 5.32 Å². The number of carbonyl (C=O) groups is 2. The van der Waals surface area contributed by atoms with Crippen LogP contribution in [0, 0.1) is 5.92 Å². The molecule has 0 aromatic heterocycles. The molecular weight excluding hydrogens is 364 g/mol. The second-order valence-electron chi connectivity index (χ2n) is 8.56. The Bertz CT molecular complexity index is 782. The van der Waals surface area contributed by atoms with E-state index in [1.807, 2.05) is 40.7 Å². The molecule has 1 heterocycles. The Hall–Kier alpha value is -1.89. The quantitative estimate of drug-likeness (QED) is 0.830. The van der Waals surface area contributed by atoms with E-state index in [-0.39, 0.29) is 29.2 Å². The summed E-state index contributed by atoms with van der Waals surface area (Å²) in [6.45, 7) is 9.40. The lowest BCUT2D eigenvalue weighted by atomic mass is 9.96. The first-order chi connectivity index (χ1) is 12.4. The fraction of sp³-hybridized carbons (Fsp3) is 0.600. The number of amides is 2. The van der Waals surface area contributed by atoms with E-state index in [0.29, 0.717) is 12.0 Å². The first kappa shape index (κ1) is 21.4. The van der Waals surface area contributed by atoms with Crippen molar-refractivity contribution in [3.8, 4) is 0 Å². The first-order valence-electron chi connectivity index (χ1n) is 9.31. The zero-order valence-corrected chi connectivity index (χ0v) is 17.5. The van der Waals surface area contributed by atoms with Crippen molar-refractivity contribution in [2.45, 2.75) is 58.7 Å². The smallest absolute Gasteiger partial charge is 0.254 e. The second-order valence-corrected chi connectivity index (χ2v) is 10.8. The van der Waals surface area contributed by atoms with Crippen molar-refractivity contribution in [3.63, 3.8) is 0 Å². The number of nitrogens with zero attached hydrogens (tertiary/aromatic N) is 1. The Balaban J connectivity index is 2.45. The molecule has 2 amide bonds. The fourth-order valence-electron chi connectivity index (χ4n) is 3.44. The van der Waals surface area contributed by atoms with E-state index >= 15 is 0 Å². The van der Waals surface area contributed by atoms with Crippen LogP contribution in [0.2, 0.25) is 0 Å². The third kappa shape index (κ3) is 5.54. The number of carbonyl (C=O) groups excluding carboxylic acids is 2. The molecule has 0 spiro atoms. The topological polar surface area (TPSA) is 83.6 Å². The molecule has 6 nitrogen and oxygen atoms in total. The number of sulfone groups is 1. The van der Waals surface area contributed by atoms with Crippen LogP contribution < -0.4 is 5.32 Å². The summed E-state index contributed by atoms with van der Waals surface area (Å²) in [4.78, 5) is 27.9. The molecule has 1 fully saturated rings. The van der Waals surface area contributed by atoms with Crippen LogP contribution in [0.4, 0.5) is 0 Å². The largest absolute Gasteiger partial charge is 0.350 e. The van der Waals surface area contributed by atoms with Crippen LogP contribution in [-0.2, 0) is 14.6 Å². The molecule has 150 valence electrons. The summed E-state index contributed by atoms with van der Waals surface area (Å²) in [6.07, 6.45) is 0.354. The summed E-state index contributed by atoms with van der Waals surface area (Å²) in [5, 5.41) is 2.95. The molecule has 0 radical (unpaired) electrons. The maximum Gasteiger partial charge on any atom is 0.254 e. The van der Waals surface area contributed by atoms with Gasteiger partial charge in [0.05, 0.1) is 11.5 Å². The molecule has 2 rings (SSSR count). The number of hydrogen-bond acceptors (Lipinski definition) is 4. The van der Waals surface area contributed by atoms with E-state index in [0.717, 1.165) is 0 Å². The van der Waals surface area contributed by atoms with Crippen molar-refractivity contribution in [1.82, 2.24) is 10.2 Å². The van der Waals surface area contributed by atoms with Gasteiger partial charge in [-0.15, -0.1) is 0 Å². The van der Waals surface area contributed by atoms with Gasteiger partial charge in [0, 0.05) is 17.1 Å². The standard InChI is InChI=1S/C20H30N2O4S/c1-14(2)17(18(23)21-20(3,4)5)22(16-11-12-27(25,26)13-16)19(24)15-9-7-6-8-10-15/h6-10,14,16-17H,11-13H2,1-5H3,(H,21,23)/t16-,17+/m1/s1. The van der Waals surface area contributed by atoms with Crippen molar-refractivity contribution < 1.29 is 18.0 Å². The van der Waals surface area contributed by atoms with Gasteiger partial charge in [0.1, 0.15) is 6.04 Å². The molecule has 1 aliphatic rings. The van der Waals surface area contributed by atoms with Crippen molar-refractivity contribution in [1.29, 1.82) is 0 Å². The van der Waals surface area contributed by atoms with Gasteiger partial charge in [0.25, 0.3) is 5.91 Å². The van der Waals surface area contributed by atoms with Gasteiger partial charge in [-0.1, -0.05) is 32.0 Å². The average Bonchev–Trinajstić information content (AvgIpc) is 2.90. The Labute approximate surface area is 162 Å². The summed E-state index contributed by atoms with van der Waals surface area (Å²) in [5.41, 5.74) is 0.00368. The zero-order valence-electron chi connectivity index (χ0n) is 16.7. The maximum absolute atomic E-state index is 13.3. The molecule has 1 aliphatic heterocycles. The molecule has 1 aromatic carbocycles. The van der Waals surface area contributed by atoms with Crippen molar-refractivity contribution in [2.75, 3.05) is 11.5 Å². The highest BCUT2D eigenvalue weighted by Gasteiger charge is 2.42. The molecule has 0 saturated carbocycles. The summed E-state index contributed by atoms with van der Waals surface area (Å²) in [6, 6.07) is 7.48. The minimum absolute atomic E-state index is 0.0436. The molecule has 7 heteroatoms. The molecule has 1 aromatic rings. The summed E-state index contributed by atoms with van der Waals surface area (Å²) in [7, 11) is -3.20. The van der Waals surface area contributed by atoms with Crippen molar-refractivity contribution in [3.05, 3.63) is 35.9 Å². The van der Waals surface area contributed by atoms with E-state index < -0.39 is 27.5 Å². The lowest BCUT2D eigenvalue weighted by Crippen LogP contribution is -2.59. The number of nitrogens with one attached hydrogen (secondary N) is 1. The SMILES string of the molecule is CC(C)[C@@H](C(=O)NC(C)(C)C)N(C(=O)c1ccccc1)[C@@H]1CCS(=O)(=O)C1. The minimum Gasteiger partial charge on any atom is -0.350 e. The number of rotatable bonds is 5. The van der Waals surface area contributed by atoms with Gasteiger partial charge >= 0.3 is 0 Å². The van der Waals surface area contributed by atoms with Crippen LogP contribution in [0.1, 0.15) is 51.4 Å². The van der Waals surface area contributed by atoms with Crippen LogP contribution in [0.3, 0.4) is 0 Å². The van der Waals surface area contributed by atoms with Crippen molar-refractivity contribution in [2.24, 2.45) is 5.92 Å². The minimum atomic E-state index is -3.20. The molecule has 0 bridgehead atoms. The zero-order chi connectivity index (χ0) is 20.4. The Morgan fingerprint density at radius 3 is 2.19 bits per heavy atom. The highest BCUT2D eigenvalue weighted by Crippen LogP contribution is 2.26. The maximum atomic E-state index is 13.3. The Morgan fingerprint density at radius 1 is 1.15 bits per heavy atom. The van der Waals surface area contributed by atoms with E-state index in [9.17, 15) is 18.0 Å². The normalized spacial score (nSPS) is 20.3. The molecule has 2 atom stereocenters. The first-order valence-corrected chi connectivity index (χ1v) is 11.1. The van der Waals surface area contributed by atoms with Gasteiger partial charge in [0.15, 0.2) is 9.84 Å². The summed E-state index contributed by atoms with van der Waals surface area (Å²) >= 11 is 0. The highest BCUT2D eigenvalue weighted by molar-refractivity contribution is 7.91. The van der Waals surface area contributed by atoms with Crippen LogP contribution >= 0.6 is 0 Å².